The van der Waals surface area contributed by atoms with Crippen LogP contribution >= 0.6 is 11.3 Å². The highest BCUT2D eigenvalue weighted by Gasteiger charge is 2.07. The van der Waals surface area contributed by atoms with E-state index in [2.05, 4.69) is 40.7 Å². The first-order valence-electron chi connectivity index (χ1n) is 6.25. The van der Waals surface area contributed by atoms with Crippen LogP contribution in [0.4, 0.5) is 11.9 Å². The van der Waals surface area contributed by atoms with E-state index in [0.29, 0.717) is 24.4 Å². The normalized spacial score (nSPS) is 10.5. The van der Waals surface area contributed by atoms with Gasteiger partial charge in [0, 0.05) is 25.4 Å². The molecule has 0 saturated carbocycles. The first kappa shape index (κ1) is 13.4. The maximum absolute atomic E-state index is 4.31. The van der Waals surface area contributed by atoms with E-state index in [4.69, 9.17) is 0 Å². The minimum atomic E-state index is 0.406. The number of rotatable bonds is 6. The number of hydrogen-bond acceptors (Lipinski definition) is 9. The third-order valence-corrected chi connectivity index (χ3v) is 3.25. The Hall–Kier alpha value is -2.62. The third kappa shape index (κ3) is 3.28. The van der Waals surface area contributed by atoms with Crippen molar-refractivity contribution in [1.29, 1.82) is 0 Å². The van der Waals surface area contributed by atoms with Crippen molar-refractivity contribution in [2.45, 2.75) is 6.42 Å². The number of nitrogens with zero attached hydrogens (tertiary/aromatic N) is 7. The van der Waals surface area contributed by atoms with E-state index in [1.165, 1.54) is 17.3 Å². The van der Waals surface area contributed by atoms with Gasteiger partial charge in [-0.1, -0.05) is 0 Å². The van der Waals surface area contributed by atoms with Crippen LogP contribution in [0.25, 0.3) is 5.95 Å². The summed E-state index contributed by atoms with van der Waals surface area (Å²) in [5.74, 6) is 1.35. The zero-order valence-corrected chi connectivity index (χ0v) is 12.1. The molecule has 0 aliphatic heterocycles. The first-order chi connectivity index (χ1) is 10.3. The highest BCUT2D eigenvalue weighted by atomic mass is 32.1. The fourth-order valence-corrected chi connectivity index (χ4v) is 2.23. The zero-order chi connectivity index (χ0) is 14.5. The Bertz CT molecular complexity index is 680. The van der Waals surface area contributed by atoms with Gasteiger partial charge in [0.1, 0.15) is 12.7 Å². The SMILES string of the molecule is CNc1nc(NCCc2cscn2)nc(-n2cncn2)n1. The quantitative estimate of drug-likeness (QED) is 0.682. The molecule has 0 amide bonds. The summed E-state index contributed by atoms with van der Waals surface area (Å²) in [6.07, 6.45) is 3.77. The molecule has 21 heavy (non-hydrogen) atoms. The van der Waals surface area contributed by atoms with Crippen LogP contribution in [0.15, 0.2) is 23.5 Å². The summed E-state index contributed by atoms with van der Waals surface area (Å²) in [5.41, 5.74) is 2.87. The first-order valence-corrected chi connectivity index (χ1v) is 7.19. The van der Waals surface area contributed by atoms with E-state index in [-0.39, 0.29) is 0 Å². The van der Waals surface area contributed by atoms with Crippen molar-refractivity contribution in [3.63, 3.8) is 0 Å². The lowest BCUT2D eigenvalue weighted by molar-refractivity contribution is 0.794. The van der Waals surface area contributed by atoms with Crippen LogP contribution in [0.1, 0.15) is 5.69 Å². The van der Waals surface area contributed by atoms with Gasteiger partial charge >= 0.3 is 0 Å². The molecule has 3 aromatic rings. The standard InChI is InChI=1S/C11H13N9S/c1-12-9-17-10(14-3-2-8-4-21-7-15-8)19-11(18-9)20-6-13-5-16-20/h4-7H,2-3H2,1H3,(H2,12,14,17,18,19). The van der Waals surface area contributed by atoms with Gasteiger partial charge in [-0.15, -0.1) is 11.3 Å². The van der Waals surface area contributed by atoms with Crippen LogP contribution in [0.3, 0.4) is 0 Å². The number of thiazole rings is 1. The minimum Gasteiger partial charge on any atom is -0.357 e. The lowest BCUT2D eigenvalue weighted by Gasteiger charge is -2.07. The Labute approximate surface area is 124 Å². The molecule has 9 nitrogen and oxygen atoms in total. The van der Waals surface area contributed by atoms with Crippen molar-refractivity contribution in [3.05, 3.63) is 29.2 Å². The molecule has 2 N–H and O–H groups in total. The Morgan fingerprint density at radius 3 is 2.86 bits per heavy atom. The van der Waals surface area contributed by atoms with Crippen LogP contribution in [-0.2, 0) is 6.42 Å². The molecule has 0 spiro atoms. The Balaban J connectivity index is 1.73. The molecular weight excluding hydrogens is 290 g/mol. The van der Waals surface area contributed by atoms with Crippen molar-refractivity contribution in [1.82, 2.24) is 34.7 Å². The molecule has 3 heterocycles. The second-order valence-electron chi connectivity index (χ2n) is 4.03. The zero-order valence-electron chi connectivity index (χ0n) is 11.3. The van der Waals surface area contributed by atoms with E-state index >= 15 is 0 Å². The highest BCUT2D eigenvalue weighted by Crippen LogP contribution is 2.08. The van der Waals surface area contributed by atoms with E-state index in [1.54, 1.807) is 18.4 Å². The van der Waals surface area contributed by atoms with E-state index in [9.17, 15) is 0 Å². The number of aromatic nitrogens is 7. The molecule has 0 atom stereocenters. The monoisotopic (exact) mass is 303 g/mol. The smallest absolute Gasteiger partial charge is 0.258 e. The van der Waals surface area contributed by atoms with Crippen molar-refractivity contribution < 1.29 is 0 Å². The molecule has 0 bridgehead atoms. The van der Waals surface area contributed by atoms with Gasteiger partial charge in [0.2, 0.25) is 11.9 Å². The Kier molecular flexibility index (Phi) is 3.96. The maximum Gasteiger partial charge on any atom is 0.258 e. The molecule has 0 fully saturated rings. The number of nitrogens with one attached hydrogen (secondary N) is 2. The largest absolute Gasteiger partial charge is 0.357 e. The van der Waals surface area contributed by atoms with Crippen LogP contribution in [-0.4, -0.2) is 48.3 Å². The summed E-state index contributed by atoms with van der Waals surface area (Å²) in [6.45, 7) is 0.688. The average molecular weight is 303 g/mol. The van der Waals surface area contributed by atoms with Gasteiger partial charge in [0.15, 0.2) is 0 Å². The van der Waals surface area contributed by atoms with Crippen molar-refractivity contribution in [2.24, 2.45) is 0 Å². The summed E-state index contributed by atoms with van der Waals surface area (Å²) in [6, 6.07) is 0. The third-order valence-electron chi connectivity index (χ3n) is 2.62. The molecular formula is C11H13N9S. The van der Waals surface area contributed by atoms with Gasteiger partial charge in [-0.05, 0) is 0 Å². The fraction of sp³-hybridized carbons (Fsp3) is 0.273. The fourth-order valence-electron chi connectivity index (χ4n) is 1.63. The number of anilines is 2. The van der Waals surface area contributed by atoms with Gasteiger partial charge < -0.3 is 10.6 Å². The molecule has 0 unspecified atom stereocenters. The lowest BCUT2D eigenvalue weighted by Crippen LogP contribution is -2.13. The summed E-state index contributed by atoms with van der Waals surface area (Å²) >= 11 is 1.58. The van der Waals surface area contributed by atoms with E-state index in [1.807, 2.05) is 10.9 Å². The topological polar surface area (TPSA) is 106 Å². The van der Waals surface area contributed by atoms with E-state index < -0.39 is 0 Å². The average Bonchev–Trinajstić information content (AvgIpc) is 3.20. The molecule has 3 rings (SSSR count). The maximum atomic E-state index is 4.31. The second-order valence-corrected chi connectivity index (χ2v) is 4.75. The summed E-state index contributed by atoms with van der Waals surface area (Å²) in [7, 11) is 1.75. The molecule has 0 radical (unpaired) electrons. The molecule has 108 valence electrons. The summed E-state index contributed by atoms with van der Waals surface area (Å²) in [5, 5.41) is 12.1. The van der Waals surface area contributed by atoms with Gasteiger partial charge in [0.25, 0.3) is 5.95 Å². The summed E-state index contributed by atoms with van der Waals surface area (Å²) in [4.78, 5) is 20.9. The predicted octanol–water partition coefficient (Wildman–Crippen LogP) is 0.605. The highest BCUT2D eigenvalue weighted by molar-refractivity contribution is 7.07. The lowest BCUT2D eigenvalue weighted by atomic mass is 10.3. The second kappa shape index (κ2) is 6.22. The minimum absolute atomic E-state index is 0.406. The molecule has 3 aromatic heterocycles. The molecule has 0 saturated heterocycles. The summed E-state index contributed by atoms with van der Waals surface area (Å²) < 4.78 is 1.48. The Morgan fingerprint density at radius 1 is 1.24 bits per heavy atom. The predicted molar refractivity (Wildman–Crippen MR) is 78.6 cm³/mol. The van der Waals surface area contributed by atoms with Crippen LogP contribution in [0.2, 0.25) is 0 Å². The van der Waals surface area contributed by atoms with Crippen molar-refractivity contribution in [3.8, 4) is 5.95 Å². The molecule has 0 aromatic carbocycles. The number of hydrogen-bond donors (Lipinski definition) is 2. The Morgan fingerprint density at radius 2 is 2.14 bits per heavy atom. The van der Waals surface area contributed by atoms with Gasteiger partial charge in [-0.2, -0.15) is 24.7 Å². The van der Waals surface area contributed by atoms with Crippen molar-refractivity contribution >= 4 is 23.2 Å². The molecule has 10 heteroatoms. The molecule has 0 aliphatic rings. The van der Waals surface area contributed by atoms with Crippen LogP contribution < -0.4 is 10.6 Å². The van der Waals surface area contributed by atoms with Gasteiger partial charge in [-0.3, -0.25) is 0 Å². The van der Waals surface area contributed by atoms with Gasteiger partial charge in [-0.25, -0.2) is 9.97 Å². The molecule has 0 aliphatic carbocycles. The van der Waals surface area contributed by atoms with Crippen LogP contribution in [0.5, 0.6) is 0 Å². The van der Waals surface area contributed by atoms with Gasteiger partial charge in [0.05, 0.1) is 11.2 Å². The van der Waals surface area contributed by atoms with E-state index in [0.717, 1.165) is 12.1 Å². The van der Waals surface area contributed by atoms with Crippen LogP contribution in [0, 0.1) is 0 Å². The van der Waals surface area contributed by atoms with Crippen molar-refractivity contribution in [2.75, 3.05) is 24.2 Å².